The molecule has 296 valence electrons. The van der Waals surface area contributed by atoms with E-state index in [9.17, 15) is 24.0 Å². The van der Waals surface area contributed by atoms with Crippen LogP contribution in [-0.2, 0) is 19.2 Å². The molecule has 12 nitrogen and oxygen atoms in total. The number of carbonyl (C=O) groups excluding carboxylic acids is 5. The van der Waals surface area contributed by atoms with Crippen molar-refractivity contribution in [3.63, 3.8) is 0 Å². The number of Topliss-reactive ketones (excluding diaryl/α,β-unsaturated/α-hetero) is 1. The predicted molar refractivity (Wildman–Crippen MR) is 211 cm³/mol. The van der Waals surface area contributed by atoms with Gasteiger partial charge in [-0.15, -0.1) is 6.58 Å². The fourth-order valence-electron chi connectivity index (χ4n) is 5.65. The van der Waals surface area contributed by atoms with E-state index >= 15 is 0 Å². The first kappa shape index (κ1) is 48.4. The van der Waals surface area contributed by atoms with Crippen molar-refractivity contribution in [1.82, 2.24) is 34.8 Å². The van der Waals surface area contributed by atoms with Crippen LogP contribution in [0, 0.1) is 10.8 Å². The van der Waals surface area contributed by atoms with E-state index in [2.05, 4.69) is 71.1 Å². The number of nitrogens with zero attached hydrogens (tertiary/aromatic N) is 3. The minimum atomic E-state index is -0.997. The summed E-state index contributed by atoms with van der Waals surface area (Å²) in [5, 5.41) is 11.3. The maximum atomic E-state index is 14.0. The molecule has 0 aliphatic carbocycles. The predicted octanol–water partition coefficient (Wildman–Crippen LogP) is 5.69. The van der Waals surface area contributed by atoms with Crippen molar-refractivity contribution >= 4 is 41.7 Å². The number of urea groups is 1. The van der Waals surface area contributed by atoms with E-state index in [1.165, 1.54) is 36.7 Å². The molecule has 4 N–H and O–H groups in total. The van der Waals surface area contributed by atoms with E-state index in [0.29, 0.717) is 38.8 Å². The number of likely N-dealkylation sites (tertiary alicyclic amines) is 1. The molecule has 0 bridgehead atoms. The number of hydrogen-bond acceptors (Lipinski definition) is 8. The number of amides is 5. The first-order valence-corrected chi connectivity index (χ1v) is 19.9. The zero-order chi connectivity index (χ0) is 39.4. The van der Waals surface area contributed by atoms with Gasteiger partial charge in [0, 0.05) is 50.9 Å². The third kappa shape index (κ3) is 17.6. The van der Waals surface area contributed by atoms with Crippen LogP contribution < -0.4 is 21.3 Å². The average molecular weight is 740 g/mol. The summed E-state index contributed by atoms with van der Waals surface area (Å²) in [6, 6.07) is -3.35. The summed E-state index contributed by atoms with van der Waals surface area (Å²) in [6.07, 6.45) is 8.25. The van der Waals surface area contributed by atoms with E-state index in [1.54, 1.807) is 12.1 Å². The monoisotopic (exact) mass is 740 g/mol. The van der Waals surface area contributed by atoms with Crippen LogP contribution >= 0.6 is 12.1 Å². The summed E-state index contributed by atoms with van der Waals surface area (Å²) in [4.78, 5) is 67.6. The van der Waals surface area contributed by atoms with Crippen LogP contribution in [0.1, 0.15) is 128 Å². The quantitative estimate of drug-likeness (QED) is 0.0955. The minimum absolute atomic E-state index is 0.141. The molecule has 0 aromatic carbocycles. The highest BCUT2D eigenvalue weighted by molar-refractivity contribution is 7.94. The van der Waals surface area contributed by atoms with Crippen LogP contribution in [0.5, 0.6) is 0 Å². The van der Waals surface area contributed by atoms with Crippen molar-refractivity contribution in [2.45, 2.75) is 152 Å². The van der Waals surface area contributed by atoms with E-state index < -0.39 is 47.2 Å². The molecular weight excluding hydrogens is 667 g/mol. The standard InChI is InChI=1S/C33H59N7O5S.C3H8.C2H6/c1-10-16-23(26(41)29(43)34-18-11-2)35-28(42)24-17-15-21-40(24)30(44)27(33(6,7)8)37-31(45)36-25(32(3,4)5)22-38(9)46-39-19-13-12-14-20-39;1-3-2;1-2/h11,23-25,27H,2,10,12-22H2,1,3-9H3,(H,34,43)(H,35,42)(H2,36,37,45);3H2,1-2H3;1-2H3. The molecule has 2 rings (SSSR count). The molecule has 0 aromatic heterocycles. The molecule has 4 unspecified atom stereocenters. The van der Waals surface area contributed by atoms with Crippen molar-refractivity contribution in [3.05, 3.63) is 12.7 Å². The second-order valence-electron chi connectivity index (χ2n) is 15.3. The Balaban J connectivity index is 0.00000473. The van der Waals surface area contributed by atoms with Gasteiger partial charge in [0.2, 0.25) is 17.6 Å². The Morgan fingerprint density at radius 3 is 1.98 bits per heavy atom. The van der Waals surface area contributed by atoms with Crippen LogP contribution in [0.15, 0.2) is 12.7 Å². The van der Waals surface area contributed by atoms with Crippen LogP contribution in [-0.4, -0.2) is 107 Å². The van der Waals surface area contributed by atoms with Gasteiger partial charge in [0.05, 0.1) is 6.04 Å². The van der Waals surface area contributed by atoms with E-state index in [-0.39, 0.29) is 23.9 Å². The molecule has 0 aromatic rings. The lowest BCUT2D eigenvalue weighted by Crippen LogP contribution is -2.61. The third-order valence-corrected chi connectivity index (χ3v) is 9.45. The minimum Gasteiger partial charge on any atom is -0.346 e. The fraction of sp³-hybridized carbons (Fsp3) is 0.816. The van der Waals surface area contributed by atoms with Crippen molar-refractivity contribution in [2.24, 2.45) is 10.8 Å². The molecule has 0 spiro atoms. The Morgan fingerprint density at radius 1 is 0.882 bits per heavy atom. The summed E-state index contributed by atoms with van der Waals surface area (Å²) in [5.74, 6) is -2.35. The average Bonchev–Trinajstić information content (AvgIpc) is 3.56. The van der Waals surface area contributed by atoms with Gasteiger partial charge in [-0.2, -0.15) is 0 Å². The molecule has 2 saturated heterocycles. The lowest BCUT2D eigenvalue weighted by molar-refractivity contribution is -0.143. The highest BCUT2D eigenvalue weighted by Gasteiger charge is 2.43. The number of rotatable bonds is 15. The van der Waals surface area contributed by atoms with Crippen molar-refractivity contribution in [3.8, 4) is 0 Å². The van der Waals surface area contributed by atoms with E-state index in [0.717, 1.165) is 13.1 Å². The highest BCUT2D eigenvalue weighted by atomic mass is 32.2. The normalized spacial score (nSPS) is 18.1. The number of likely N-dealkylation sites (N-methyl/N-ethyl adjacent to an activating group) is 1. The Labute approximate surface area is 314 Å². The number of nitrogens with one attached hydrogen (secondary N) is 4. The molecule has 51 heavy (non-hydrogen) atoms. The SMILES string of the molecule is C=CCNC(=O)C(=O)C(CCC)NC(=O)C1CCCN1C(=O)C(NC(=O)NC(CN(C)SN1CCCCC1)C(C)(C)C)C(C)(C)C.CC.CCC. The maximum Gasteiger partial charge on any atom is 0.315 e. The Morgan fingerprint density at radius 2 is 1.47 bits per heavy atom. The molecular formula is C38H73N7O5S. The molecule has 2 fully saturated rings. The van der Waals surface area contributed by atoms with Gasteiger partial charge in [-0.3, -0.25) is 19.2 Å². The van der Waals surface area contributed by atoms with Gasteiger partial charge in [-0.25, -0.2) is 13.4 Å². The van der Waals surface area contributed by atoms with Crippen molar-refractivity contribution < 1.29 is 24.0 Å². The second kappa shape index (κ2) is 24.6. The summed E-state index contributed by atoms with van der Waals surface area (Å²) in [6.45, 7) is 28.7. The third-order valence-electron chi connectivity index (χ3n) is 8.43. The molecule has 5 amide bonds. The van der Waals surface area contributed by atoms with Gasteiger partial charge in [0.25, 0.3) is 5.91 Å². The molecule has 0 saturated carbocycles. The fourth-order valence-corrected chi connectivity index (χ4v) is 6.69. The smallest absolute Gasteiger partial charge is 0.315 e. The number of carbonyl (C=O) groups is 5. The molecule has 0 radical (unpaired) electrons. The Bertz CT molecular complexity index is 1090. The molecule has 2 aliphatic rings. The van der Waals surface area contributed by atoms with Crippen LogP contribution in [0.2, 0.25) is 0 Å². The lowest BCUT2D eigenvalue weighted by atomic mass is 9.85. The molecule has 13 heteroatoms. The van der Waals surface area contributed by atoms with Crippen molar-refractivity contribution in [2.75, 3.05) is 39.8 Å². The first-order chi connectivity index (χ1) is 23.9. The van der Waals surface area contributed by atoms with Crippen LogP contribution in [0.4, 0.5) is 4.79 Å². The van der Waals surface area contributed by atoms with Gasteiger partial charge in [0.15, 0.2) is 0 Å². The summed E-state index contributed by atoms with van der Waals surface area (Å²) in [7, 11) is 2.03. The summed E-state index contributed by atoms with van der Waals surface area (Å²) < 4.78 is 4.51. The largest absolute Gasteiger partial charge is 0.346 e. The van der Waals surface area contributed by atoms with Gasteiger partial charge in [0.1, 0.15) is 12.1 Å². The summed E-state index contributed by atoms with van der Waals surface area (Å²) in [5.41, 5.74) is -0.900. The Hall–Kier alpha value is -2.64. The summed E-state index contributed by atoms with van der Waals surface area (Å²) >= 11 is 1.70. The maximum absolute atomic E-state index is 14.0. The van der Waals surface area contributed by atoms with E-state index in [4.69, 9.17) is 0 Å². The van der Waals surface area contributed by atoms with Gasteiger partial charge >= 0.3 is 6.03 Å². The second-order valence-corrected chi connectivity index (χ2v) is 16.6. The van der Waals surface area contributed by atoms with Gasteiger partial charge in [-0.05, 0) is 50.0 Å². The number of hydrogen-bond donors (Lipinski definition) is 4. The lowest BCUT2D eigenvalue weighted by Gasteiger charge is -2.38. The number of piperidine rings is 1. The Kier molecular flexibility index (Phi) is 23.3. The molecule has 4 atom stereocenters. The molecule has 2 heterocycles. The van der Waals surface area contributed by atoms with Crippen LogP contribution in [0.3, 0.4) is 0 Å². The van der Waals surface area contributed by atoms with E-state index in [1.807, 2.05) is 48.6 Å². The number of ketones is 1. The van der Waals surface area contributed by atoms with Gasteiger partial charge < -0.3 is 26.2 Å². The van der Waals surface area contributed by atoms with Gasteiger partial charge in [-0.1, -0.05) is 101 Å². The zero-order valence-electron chi connectivity index (χ0n) is 34.1. The highest BCUT2D eigenvalue weighted by Crippen LogP contribution is 2.28. The van der Waals surface area contributed by atoms with Crippen molar-refractivity contribution in [1.29, 1.82) is 0 Å². The molecule has 2 aliphatic heterocycles. The first-order valence-electron chi connectivity index (χ1n) is 19.2. The zero-order valence-corrected chi connectivity index (χ0v) is 34.9. The topological polar surface area (TPSA) is 143 Å². The van der Waals surface area contributed by atoms with Crippen LogP contribution in [0.25, 0.3) is 0 Å².